The molecule has 0 bridgehead atoms. The molecule has 2 atom stereocenters. The predicted molar refractivity (Wildman–Crippen MR) is 89.3 cm³/mol. The van der Waals surface area contributed by atoms with Crippen molar-refractivity contribution in [2.45, 2.75) is 32.7 Å². The summed E-state index contributed by atoms with van der Waals surface area (Å²) in [4.78, 5) is 14.4. The zero-order valence-electron chi connectivity index (χ0n) is 12.8. The van der Waals surface area contributed by atoms with Crippen LogP contribution in [0.4, 0.5) is 0 Å². The van der Waals surface area contributed by atoms with Gasteiger partial charge in [0.05, 0.1) is 7.11 Å². The molecule has 1 saturated heterocycles. The average molecular weight is 352 g/mol. The second-order valence-electron chi connectivity index (χ2n) is 5.61. The van der Waals surface area contributed by atoms with Crippen molar-refractivity contribution < 1.29 is 9.53 Å². The van der Waals surface area contributed by atoms with Crippen LogP contribution < -0.4 is 4.74 Å². The lowest BCUT2D eigenvalue weighted by molar-refractivity contribution is -0.126. The quantitative estimate of drug-likeness (QED) is 0.763. The molecule has 0 N–H and O–H groups in total. The lowest BCUT2D eigenvalue weighted by Gasteiger charge is -2.22. The van der Waals surface area contributed by atoms with Crippen LogP contribution in [-0.4, -0.2) is 30.5 Å². The average Bonchev–Trinajstić information content (AvgIpc) is 2.86. The smallest absolute Gasteiger partial charge is 0.246 e. The molecule has 0 aromatic heterocycles. The van der Waals surface area contributed by atoms with Gasteiger partial charge in [0.25, 0.3) is 0 Å². The highest BCUT2D eigenvalue weighted by molar-refractivity contribution is 9.10. The first-order valence-electron chi connectivity index (χ1n) is 7.37. The van der Waals surface area contributed by atoms with Gasteiger partial charge in [-0.05, 0) is 43.0 Å². The van der Waals surface area contributed by atoms with Crippen LogP contribution >= 0.6 is 15.9 Å². The first kappa shape index (κ1) is 16.1. The number of carbonyl (C=O) groups is 1. The highest BCUT2D eigenvalue weighted by atomic mass is 79.9. The minimum Gasteiger partial charge on any atom is -0.496 e. The Morgan fingerprint density at radius 3 is 2.95 bits per heavy atom. The molecular weight excluding hydrogens is 330 g/mol. The monoisotopic (exact) mass is 351 g/mol. The normalized spacial score (nSPS) is 22.0. The summed E-state index contributed by atoms with van der Waals surface area (Å²) >= 11 is 3.44. The summed E-state index contributed by atoms with van der Waals surface area (Å²) in [7, 11) is 1.64. The number of nitrogens with zero attached hydrogens (tertiary/aromatic N) is 1. The molecule has 1 aromatic rings. The van der Waals surface area contributed by atoms with Gasteiger partial charge in [-0.25, -0.2) is 0 Å². The van der Waals surface area contributed by atoms with E-state index >= 15 is 0 Å². The summed E-state index contributed by atoms with van der Waals surface area (Å²) in [6.07, 6.45) is 5.62. The summed E-state index contributed by atoms with van der Waals surface area (Å²) in [6.45, 7) is 5.21. The summed E-state index contributed by atoms with van der Waals surface area (Å²) in [5, 5.41) is 0. The van der Waals surface area contributed by atoms with Crippen LogP contribution in [0, 0.1) is 5.92 Å². The summed E-state index contributed by atoms with van der Waals surface area (Å²) < 4.78 is 6.29. The maximum Gasteiger partial charge on any atom is 0.246 e. The lowest BCUT2D eigenvalue weighted by Crippen LogP contribution is -2.33. The van der Waals surface area contributed by atoms with E-state index in [0.29, 0.717) is 12.0 Å². The predicted octanol–water partition coefficient (Wildman–Crippen LogP) is 4.12. The number of rotatable bonds is 4. The van der Waals surface area contributed by atoms with Crippen molar-refractivity contribution in [2.75, 3.05) is 13.7 Å². The van der Waals surface area contributed by atoms with Crippen LogP contribution in [-0.2, 0) is 4.79 Å². The van der Waals surface area contributed by atoms with E-state index in [4.69, 9.17) is 4.74 Å². The minimum absolute atomic E-state index is 0.0910. The zero-order chi connectivity index (χ0) is 15.4. The number of carbonyl (C=O) groups excluding carboxylic acids is 1. The van der Waals surface area contributed by atoms with Crippen molar-refractivity contribution in [3.8, 4) is 5.75 Å². The van der Waals surface area contributed by atoms with Gasteiger partial charge >= 0.3 is 0 Å². The van der Waals surface area contributed by atoms with E-state index in [9.17, 15) is 4.79 Å². The van der Waals surface area contributed by atoms with Gasteiger partial charge in [-0.1, -0.05) is 29.8 Å². The molecule has 3 nitrogen and oxygen atoms in total. The number of amides is 1. The van der Waals surface area contributed by atoms with Gasteiger partial charge in [0, 0.05) is 28.7 Å². The van der Waals surface area contributed by atoms with Gasteiger partial charge in [0.15, 0.2) is 0 Å². The lowest BCUT2D eigenvalue weighted by atomic mass is 10.1. The van der Waals surface area contributed by atoms with E-state index in [2.05, 4.69) is 29.8 Å². The van der Waals surface area contributed by atoms with E-state index in [0.717, 1.165) is 35.2 Å². The summed E-state index contributed by atoms with van der Waals surface area (Å²) in [6, 6.07) is 6.14. The Bertz CT molecular complexity index is 542. The van der Waals surface area contributed by atoms with Crippen molar-refractivity contribution in [1.29, 1.82) is 0 Å². The van der Waals surface area contributed by atoms with Crippen LogP contribution in [0.2, 0.25) is 0 Å². The highest BCUT2D eigenvalue weighted by Crippen LogP contribution is 2.27. The molecule has 1 fully saturated rings. The molecule has 114 valence electrons. The van der Waals surface area contributed by atoms with E-state index in [-0.39, 0.29) is 5.91 Å². The standard InChI is InChI=1S/C17H22BrNO2/c1-4-15-9-12(2)11-19(15)17(20)8-5-13-10-14(18)6-7-16(13)21-3/h5-8,10,12,15H,4,9,11H2,1-3H3/b8-5-/t12-,15+/m0/s1. The third-order valence-corrected chi connectivity index (χ3v) is 4.47. The van der Waals surface area contributed by atoms with Gasteiger partial charge in [0.2, 0.25) is 5.91 Å². The van der Waals surface area contributed by atoms with Crippen molar-refractivity contribution in [3.05, 3.63) is 34.3 Å². The van der Waals surface area contributed by atoms with Crippen molar-refractivity contribution in [3.63, 3.8) is 0 Å². The van der Waals surface area contributed by atoms with Gasteiger partial charge in [-0.2, -0.15) is 0 Å². The molecule has 0 aliphatic carbocycles. The van der Waals surface area contributed by atoms with Gasteiger partial charge < -0.3 is 9.64 Å². The largest absolute Gasteiger partial charge is 0.496 e. The van der Waals surface area contributed by atoms with E-state index in [1.54, 1.807) is 13.2 Å². The first-order valence-corrected chi connectivity index (χ1v) is 8.16. The highest BCUT2D eigenvalue weighted by Gasteiger charge is 2.30. The third kappa shape index (κ3) is 3.88. The fourth-order valence-electron chi connectivity index (χ4n) is 2.90. The Morgan fingerprint density at radius 1 is 1.52 bits per heavy atom. The maximum atomic E-state index is 12.4. The maximum absolute atomic E-state index is 12.4. The number of halogens is 1. The van der Waals surface area contributed by atoms with E-state index < -0.39 is 0 Å². The molecule has 2 rings (SSSR count). The minimum atomic E-state index is 0.0910. The summed E-state index contributed by atoms with van der Waals surface area (Å²) in [5.74, 6) is 1.45. The van der Waals surface area contributed by atoms with Crippen molar-refractivity contribution >= 4 is 27.9 Å². The molecule has 1 heterocycles. The molecular formula is C17H22BrNO2. The van der Waals surface area contributed by atoms with Crippen molar-refractivity contribution in [2.24, 2.45) is 5.92 Å². The van der Waals surface area contributed by atoms with Crippen molar-refractivity contribution in [1.82, 2.24) is 4.90 Å². The third-order valence-electron chi connectivity index (χ3n) is 3.98. The van der Waals surface area contributed by atoms with Crippen LogP contribution in [0.5, 0.6) is 5.75 Å². The molecule has 1 amide bonds. The Balaban J connectivity index is 2.14. The van der Waals surface area contributed by atoms with Crippen LogP contribution in [0.3, 0.4) is 0 Å². The number of hydrogen-bond donors (Lipinski definition) is 0. The molecule has 21 heavy (non-hydrogen) atoms. The van der Waals surface area contributed by atoms with E-state index in [1.807, 2.05) is 29.2 Å². The molecule has 1 aliphatic heterocycles. The van der Waals surface area contributed by atoms with Gasteiger partial charge in [-0.15, -0.1) is 0 Å². The Labute approximate surface area is 135 Å². The number of methoxy groups -OCH3 is 1. The second kappa shape index (κ2) is 7.12. The Morgan fingerprint density at radius 2 is 2.29 bits per heavy atom. The number of likely N-dealkylation sites (tertiary alicyclic amines) is 1. The number of benzene rings is 1. The van der Waals surface area contributed by atoms with Crippen LogP contribution in [0.1, 0.15) is 32.3 Å². The van der Waals surface area contributed by atoms with Crippen LogP contribution in [0.25, 0.3) is 6.08 Å². The SMILES string of the molecule is CC[C@@H]1C[C@H](C)CN1C(=O)/C=C\c1cc(Br)ccc1OC. The molecule has 0 unspecified atom stereocenters. The Hall–Kier alpha value is -1.29. The number of hydrogen-bond acceptors (Lipinski definition) is 2. The zero-order valence-corrected chi connectivity index (χ0v) is 14.4. The summed E-state index contributed by atoms with van der Waals surface area (Å²) in [5.41, 5.74) is 0.903. The molecule has 0 saturated carbocycles. The van der Waals surface area contributed by atoms with Crippen LogP contribution in [0.15, 0.2) is 28.7 Å². The molecule has 0 spiro atoms. The molecule has 0 radical (unpaired) electrons. The van der Waals surface area contributed by atoms with E-state index in [1.165, 1.54) is 0 Å². The molecule has 4 heteroatoms. The molecule has 1 aliphatic rings. The fraction of sp³-hybridized carbons (Fsp3) is 0.471. The molecule has 1 aromatic carbocycles. The van der Waals surface area contributed by atoms with Gasteiger partial charge in [-0.3, -0.25) is 4.79 Å². The van der Waals surface area contributed by atoms with Gasteiger partial charge in [0.1, 0.15) is 5.75 Å². The first-order chi connectivity index (χ1) is 10.0. The second-order valence-corrected chi connectivity index (χ2v) is 6.53. The number of ether oxygens (including phenoxy) is 1. The topological polar surface area (TPSA) is 29.5 Å². The Kier molecular flexibility index (Phi) is 5.45. The fourth-order valence-corrected chi connectivity index (χ4v) is 3.28.